The van der Waals surface area contributed by atoms with Crippen LogP contribution in [0.25, 0.3) is 0 Å². The summed E-state index contributed by atoms with van der Waals surface area (Å²) in [5, 5.41) is 3.36. The summed E-state index contributed by atoms with van der Waals surface area (Å²) >= 11 is 3.51. The average molecular weight is 572 g/mol. The van der Waals surface area contributed by atoms with Crippen LogP contribution in [0.1, 0.15) is 55.8 Å². The van der Waals surface area contributed by atoms with Crippen LogP contribution in [-0.2, 0) is 19.1 Å². The van der Waals surface area contributed by atoms with E-state index < -0.39 is 11.9 Å². The van der Waals surface area contributed by atoms with Crippen LogP contribution < -0.4 is 14.8 Å². The van der Waals surface area contributed by atoms with E-state index in [1.54, 1.807) is 26.5 Å². The molecule has 0 radical (unpaired) electrons. The summed E-state index contributed by atoms with van der Waals surface area (Å²) in [6, 6.07) is 7.33. The SMILES string of the molecule is COc1cc(C2C(C(=O)OCC3CCCO3)=C(C)NC3=C2C(=O)CC(c2ccco2)C3)c(OC)cc1Br. The molecular formula is C28H30BrNO7. The van der Waals surface area contributed by atoms with Crippen molar-refractivity contribution in [3.8, 4) is 11.5 Å². The van der Waals surface area contributed by atoms with Crippen LogP contribution in [0, 0.1) is 0 Å². The molecule has 2 aromatic rings. The van der Waals surface area contributed by atoms with Crippen molar-refractivity contribution in [1.82, 2.24) is 5.32 Å². The van der Waals surface area contributed by atoms with Gasteiger partial charge in [0.05, 0.1) is 42.6 Å². The highest BCUT2D eigenvalue weighted by Gasteiger charge is 2.43. The Hall–Kier alpha value is -3.04. The van der Waals surface area contributed by atoms with Crippen LogP contribution in [-0.4, -0.2) is 45.3 Å². The number of nitrogens with one attached hydrogen (secondary N) is 1. The Labute approximate surface area is 224 Å². The summed E-state index contributed by atoms with van der Waals surface area (Å²) < 4.78 is 29.0. The molecular weight excluding hydrogens is 542 g/mol. The van der Waals surface area contributed by atoms with E-state index in [1.807, 2.05) is 25.1 Å². The monoisotopic (exact) mass is 571 g/mol. The van der Waals surface area contributed by atoms with Crippen molar-refractivity contribution in [3.63, 3.8) is 0 Å². The molecule has 3 atom stereocenters. The molecule has 1 aromatic heterocycles. The van der Waals surface area contributed by atoms with Crippen LogP contribution in [0.2, 0.25) is 0 Å². The highest BCUT2D eigenvalue weighted by Crippen LogP contribution is 2.49. The largest absolute Gasteiger partial charge is 0.496 e. The number of esters is 1. The predicted octanol–water partition coefficient (Wildman–Crippen LogP) is 5.14. The quantitative estimate of drug-likeness (QED) is 0.456. The van der Waals surface area contributed by atoms with E-state index in [2.05, 4.69) is 21.2 Å². The molecule has 5 rings (SSSR count). The van der Waals surface area contributed by atoms with Crippen molar-refractivity contribution in [2.75, 3.05) is 27.4 Å². The van der Waals surface area contributed by atoms with Gasteiger partial charge in [0.15, 0.2) is 5.78 Å². The first kappa shape index (κ1) is 25.6. The zero-order valence-corrected chi connectivity index (χ0v) is 22.7. The molecule has 0 spiro atoms. The highest BCUT2D eigenvalue weighted by atomic mass is 79.9. The van der Waals surface area contributed by atoms with E-state index in [9.17, 15) is 9.59 Å². The third kappa shape index (κ3) is 4.94. The Bertz CT molecular complexity index is 1260. The first-order valence-electron chi connectivity index (χ1n) is 12.4. The van der Waals surface area contributed by atoms with Gasteiger partial charge in [0.25, 0.3) is 0 Å². The topological polar surface area (TPSA) is 96.2 Å². The zero-order chi connectivity index (χ0) is 26.1. The molecule has 3 unspecified atom stereocenters. The molecule has 9 heteroatoms. The molecule has 0 amide bonds. The van der Waals surface area contributed by atoms with Gasteiger partial charge in [-0.25, -0.2) is 4.79 Å². The molecule has 3 heterocycles. The lowest BCUT2D eigenvalue weighted by atomic mass is 9.72. The Kier molecular flexibility index (Phi) is 7.44. The Morgan fingerprint density at radius 3 is 2.68 bits per heavy atom. The maximum atomic E-state index is 13.8. The number of furan rings is 1. The van der Waals surface area contributed by atoms with Gasteiger partial charge in [-0.05, 0) is 66.4 Å². The minimum absolute atomic E-state index is 0.0546. The number of carbonyl (C=O) groups is 2. The van der Waals surface area contributed by atoms with Crippen LogP contribution in [0.3, 0.4) is 0 Å². The first-order valence-corrected chi connectivity index (χ1v) is 13.2. The Balaban J connectivity index is 1.59. The van der Waals surface area contributed by atoms with Gasteiger partial charge in [-0.3, -0.25) is 4.79 Å². The number of hydrogen-bond donors (Lipinski definition) is 1. The summed E-state index contributed by atoms with van der Waals surface area (Å²) in [6.07, 6.45) is 4.17. The van der Waals surface area contributed by atoms with Crippen molar-refractivity contribution in [2.45, 2.75) is 50.5 Å². The number of rotatable bonds is 7. The fourth-order valence-electron chi connectivity index (χ4n) is 5.48. The maximum Gasteiger partial charge on any atom is 0.336 e. The normalized spacial score (nSPS) is 23.6. The summed E-state index contributed by atoms with van der Waals surface area (Å²) in [6.45, 7) is 2.68. The van der Waals surface area contributed by atoms with Gasteiger partial charge in [0.2, 0.25) is 0 Å². The van der Waals surface area contributed by atoms with Crippen LogP contribution in [0.4, 0.5) is 0 Å². The second-order valence-electron chi connectivity index (χ2n) is 9.49. The number of hydrogen-bond acceptors (Lipinski definition) is 8. The van der Waals surface area contributed by atoms with Gasteiger partial charge in [-0.2, -0.15) is 0 Å². The summed E-state index contributed by atoms with van der Waals surface area (Å²) in [5.41, 5.74) is 2.99. The molecule has 196 valence electrons. The van der Waals surface area contributed by atoms with Gasteiger partial charge < -0.3 is 28.7 Å². The van der Waals surface area contributed by atoms with Crippen LogP contribution in [0.15, 0.2) is 62.0 Å². The predicted molar refractivity (Wildman–Crippen MR) is 138 cm³/mol. The smallest absolute Gasteiger partial charge is 0.336 e. The van der Waals surface area contributed by atoms with Gasteiger partial charge in [0, 0.05) is 41.5 Å². The first-order chi connectivity index (χ1) is 17.9. The number of ketones is 1. The van der Waals surface area contributed by atoms with Crippen molar-refractivity contribution in [3.05, 3.63) is 68.9 Å². The average Bonchev–Trinajstić information content (AvgIpc) is 3.61. The summed E-state index contributed by atoms with van der Waals surface area (Å²) in [7, 11) is 3.14. The number of benzene rings is 1. The van der Waals surface area contributed by atoms with Gasteiger partial charge in [-0.1, -0.05) is 0 Å². The molecule has 1 N–H and O–H groups in total. The van der Waals surface area contributed by atoms with E-state index in [-0.39, 0.29) is 30.8 Å². The third-order valence-electron chi connectivity index (χ3n) is 7.23. The van der Waals surface area contributed by atoms with E-state index in [0.29, 0.717) is 51.4 Å². The molecule has 0 saturated carbocycles. The lowest BCUT2D eigenvalue weighted by molar-refractivity contribution is -0.142. The lowest BCUT2D eigenvalue weighted by Gasteiger charge is -2.36. The Morgan fingerprint density at radius 2 is 2.00 bits per heavy atom. The second kappa shape index (κ2) is 10.8. The van der Waals surface area contributed by atoms with E-state index >= 15 is 0 Å². The number of ether oxygens (including phenoxy) is 4. The van der Waals surface area contributed by atoms with Crippen molar-refractivity contribution >= 4 is 27.7 Å². The number of carbonyl (C=O) groups excluding carboxylic acids is 2. The molecule has 1 fully saturated rings. The number of allylic oxidation sites excluding steroid dienone is 3. The molecule has 37 heavy (non-hydrogen) atoms. The third-order valence-corrected chi connectivity index (χ3v) is 7.85. The van der Waals surface area contributed by atoms with Crippen molar-refractivity contribution in [1.29, 1.82) is 0 Å². The van der Waals surface area contributed by atoms with Gasteiger partial charge >= 0.3 is 5.97 Å². The zero-order valence-electron chi connectivity index (χ0n) is 21.1. The fourth-order valence-corrected chi connectivity index (χ4v) is 5.96. The van der Waals surface area contributed by atoms with Crippen molar-refractivity contribution < 1.29 is 33.0 Å². The summed E-state index contributed by atoms with van der Waals surface area (Å²) in [5.74, 6) is 0.557. The fraction of sp³-hybridized carbons (Fsp3) is 0.429. The number of halogens is 1. The van der Waals surface area contributed by atoms with E-state index in [1.165, 1.54) is 0 Å². The molecule has 3 aliphatic rings. The van der Waals surface area contributed by atoms with Crippen molar-refractivity contribution in [2.24, 2.45) is 0 Å². The molecule has 2 aliphatic heterocycles. The molecule has 1 saturated heterocycles. The number of methoxy groups -OCH3 is 2. The van der Waals surface area contributed by atoms with Gasteiger partial charge in [0.1, 0.15) is 23.9 Å². The molecule has 1 aromatic carbocycles. The van der Waals surface area contributed by atoms with Crippen LogP contribution in [0.5, 0.6) is 11.5 Å². The number of dihydropyridines is 1. The van der Waals surface area contributed by atoms with E-state index in [4.69, 9.17) is 23.4 Å². The highest BCUT2D eigenvalue weighted by molar-refractivity contribution is 9.10. The van der Waals surface area contributed by atoms with Gasteiger partial charge in [-0.15, -0.1) is 0 Å². The van der Waals surface area contributed by atoms with Crippen LogP contribution >= 0.6 is 15.9 Å². The molecule has 1 aliphatic carbocycles. The standard InChI is InChI=1S/C28H30BrNO7/c1-15-25(28(32)37-14-17-6-4-8-35-17)26(18-12-24(34-3)19(29)13-23(18)33-2)27-20(30-15)10-16(11-21(27)31)22-7-5-9-36-22/h5,7,9,12-13,16-17,26,30H,4,6,8,10-11,14H2,1-3H3. The summed E-state index contributed by atoms with van der Waals surface area (Å²) in [4.78, 5) is 27.4. The number of Topliss-reactive ketones (excluding diaryl/α,β-unsaturated/α-hetero) is 1. The van der Waals surface area contributed by atoms with E-state index in [0.717, 1.165) is 24.3 Å². The second-order valence-corrected chi connectivity index (χ2v) is 10.3. The lowest BCUT2D eigenvalue weighted by Crippen LogP contribution is -2.36. The minimum Gasteiger partial charge on any atom is -0.496 e. The maximum absolute atomic E-state index is 13.8. The molecule has 8 nitrogen and oxygen atoms in total. The Morgan fingerprint density at radius 1 is 1.19 bits per heavy atom. The molecule has 0 bridgehead atoms. The minimum atomic E-state index is -0.685.